The first kappa shape index (κ1) is 13.4. The molecule has 0 radical (unpaired) electrons. The van der Waals surface area contributed by atoms with E-state index in [1.807, 2.05) is 5.38 Å². The molecule has 1 saturated carbocycles. The molecule has 0 bridgehead atoms. The number of hydrogen-bond acceptors (Lipinski definition) is 5. The Morgan fingerprint density at radius 2 is 2.10 bits per heavy atom. The summed E-state index contributed by atoms with van der Waals surface area (Å²) in [6.45, 7) is 4.48. The zero-order chi connectivity index (χ0) is 14.3. The van der Waals surface area contributed by atoms with E-state index in [-0.39, 0.29) is 16.8 Å². The lowest BCUT2D eigenvalue weighted by Gasteiger charge is -2.31. The van der Waals surface area contributed by atoms with Gasteiger partial charge in [0, 0.05) is 11.4 Å². The van der Waals surface area contributed by atoms with E-state index < -0.39 is 0 Å². The minimum absolute atomic E-state index is 0.0483. The fraction of sp³-hybridized carbons (Fsp3) is 0.615. The van der Waals surface area contributed by atoms with E-state index in [9.17, 15) is 10.1 Å². The SMILES string of the molecule is CC1CC(C)CC(Nc2nc3sccn3c2[N+](=O)[O-])C1. The molecule has 2 aromatic rings. The summed E-state index contributed by atoms with van der Waals surface area (Å²) in [4.78, 5) is 15.9. The third kappa shape index (κ3) is 2.37. The van der Waals surface area contributed by atoms with E-state index in [0.717, 1.165) is 12.8 Å². The lowest BCUT2D eigenvalue weighted by molar-refractivity contribution is -0.389. The van der Waals surface area contributed by atoms with Crippen molar-refractivity contribution in [2.24, 2.45) is 11.8 Å². The van der Waals surface area contributed by atoms with Crippen LogP contribution in [0.4, 0.5) is 11.6 Å². The van der Waals surface area contributed by atoms with Gasteiger partial charge in [-0.2, -0.15) is 9.38 Å². The normalized spacial score (nSPS) is 26.8. The van der Waals surface area contributed by atoms with E-state index in [4.69, 9.17) is 0 Å². The molecule has 0 saturated heterocycles. The summed E-state index contributed by atoms with van der Waals surface area (Å²) in [5, 5.41) is 16.4. The van der Waals surface area contributed by atoms with Crippen molar-refractivity contribution in [3.8, 4) is 0 Å². The Labute approximate surface area is 121 Å². The summed E-state index contributed by atoms with van der Waals surface area (Å²) in [6.07, 6.45) is 5.03. The van der Waals surface area contributed by atoms with Crippen LogP contribution in [0.15, 0.2) is 11.6 Å². The van der Waals surface area contributed by atoms with Crippen LogP contribution in [0.25, 0.3) is 4.96 Å². The number of fused-ring (bicyclic) bond motifs is 1. The van der Waals surface area contributed by atoms with Gasteiger partial charge in [0.15, 0.2) is 0 Å². The standard InChI is InChI=1S/C13H18N4O2S/c1-8-5-9(2)7-10(6-8)14-11-12(17(18)19)16-3-4-20-13(16)15-11/h3-4,8-10,14H,5-7H2,1-2H3. The highest BCUT2D eigenvalue weighted by Gasteiger charge is 2.29. The molecule has 2 atom stereocenters. The number of nitrogens with one attached hydrogen (secondary N) is 1. The van der Waals surface area contributed by atoms with Crippen molar-refractivity contribution in [2.75, 3.05) is 5.32 Å². The van der Waals surface area contributed by atoms with Gasteiger partial charge in [0.2, 0.25) is 5.82 Å². The Hall–Kier alpha value is -1.63. The lowest BCUT2D eigenvalue weighted by Crippen LogP contribution is -2.30. The average molecular weight is 294 g/mol. The number of hydrogen-bond donors (Lipinski definition) is 1. The number of imidazole rings is 1. The zero-order valence-electron chi connectivity index (χ0n) is 11.6. The van der Waals surface area contributed by atoms with Gasteiger partial charge in [0.1, 0.15) is 6.20 Å². The molecule has 2 heterocycles. The van der Waals surface area contributed by atoms with Gasteiger partial charge in [-0.25, -0.2) is 0 Å². The highest BCUT2D eigenvalue weighted by atomic mass is 32.1. The summed E-state index contributed by atoms with van der Waals surface area (Å²) in [5.74, 6) is 1.76. The lowest BCUT2D eigenvalue weighted by atomic mass is 9.80. The highest BCUT2D eigenvalue weighted by Crippen LogP contribution is 2.33. The molecule has 1 aliphatic rings. The quantitative estimate of drug-likeness (QED) is 0.694. The number of thiazole rings is 1. The van der Waals surface area contributed by atoms with Gasteiger partial charge < -0.3 is 15.4 Å². The molecule has 6 nitrogen and oxygen atoms in total. The molecule has 0 aromatic carbocycles. The predicted molar refractivity (Wildman–Crippen MR) is 79.3 cm³/mol. The van der Waals surface area contributed by atoms with Gasteiger partial charge in [-0.3, -0.25) is 0 Å². The molecule has 1 aliphatic carbocycles. The van der Waals surface area contributed by atoms with Crippen LogP contribution in [0.1, 0.15) is 33.1 Å². The van der Waals surface area contributed by atoms with Gasteiger partial charge in [0.05, 0.1) is 0 Å². The third-order valence-electron chi connectivity index (χ3n) is 3.93. The van der Waals surface area contributed by atoms with Crippen LogP contribution in [0, 0.1) is 22.0 Å². The van der Waals surface area contributed by atoms with E-state index >= 15 is 0 Å². The van der Waals surface area contributed by atoms with Gasteiger partial charge in [-0.05, 0) is 36.0 Å². The molecule has 0 amide bonds. The largest absolute Gasteiger partial charge is 0.372 e. The van der Waals surface area contributed by atoms with Crippen LogP contribution < -0.4 is 5.32 Å². The summed E-state index contributed by atoms with van der Waals surface area (Å²) in [5.41, 5.74) is 0. The Balaban J connectivity index is 1.88. The second-order valence-corrected chi connectivity index (χ2v) is 6.73. The van der Waals surface area contributed by atoms with Crippen LogP contribution in [-0.2, 0) is 0 Å². The van der Waals surface area contributed by atoms with Gasteiger partial charge in [-0.1, -0.05) is 25.2 Å². The van der Waals surface area contributed by atoms with Gasteiger partial charge >= 0.3 is 5.82 Å². The number of nitrogens with zero attached hydrogens (tertiary/aromatic N) is 3. The Morgan fingerprint density at radius 3 is 2.75 bits per heavy atom. The molecule has 108 valence electrons. The maximum Gasteiger partial charge on any atom is 0.372 e. The van der Waals surface area contributed by atoms with Crippen LogP contribution in [0.3, 0.4) is 0 Å². The van der Waals surface area contributed by atoms with Crippen LogP contribution in [0.5, 0.6) is 0 Å². The van der Waals surface area contributed by atoms with Crippen molar-refractivity contribution in [1.29, 1.82) is 0 Å². The Morgan fingerprint density at radius 1 is 1.40 bits per heavy atom. The monoisotopic (exact) mass is 294 g/mol. The molecule has 7 heteroatoms. The van der Waals surface area contributed by atoms with Crippen molar-refractivity contribution in [2.45, 2.75) is 39.2 Å². The maximum absolute atomic E-state index is 11.3. The van der Waals surface area contributed by atoms with Crippen molar-refractivity contribution >= 4 is 27.9 Å². The molecule has 2 aromatic heterocycles. The minimum atomic E-state index is -0.356. The first-order valence-electron chi connectivity index (χ1n) is 6.91. The molecular weight excluding hydrogens is 276 g/mol. The fourth-order valence-corrected chi connectivity index (χ4v) is 4.01. The van der Waals surface area contributed by atoms with Crippen molar-refractivity contribution < 1.29 is 4.92 Å². The van der Waals surface area contributed by atoms with E-state index in [2.05, 4.69) is 24.1 Å². The smallest absolute Gasteiger partial charge is 0.360 e. The van der Waals surface area contributed by atoms with E-state index in [1.165, 1.54) is 17.8 Å². The van der Waals surface area contributed by atoms with Crippen LogP contribution in [-0.4, -0.2) is 20.3 Å². The van der Waals surface area contributed by atoms with Crippen LogP contribution >= 0.6 is 11.3 Å². The molecular formula is C13H18N4O2S. The summed E-state index contributed by atoms with van der Waals surface area (Å²) in [6, 6.07) is 0.275. The number of aromatic nitrogens is 2. The van der Waals surface area contributed by atoms with E-state index in [1.54, 1.807) is 10.6 Å². The first-order chi connectivity index (χ1) is 9.54. The number of anilines is 1. The zero-order valence-corrected chi connectivity index (χ0v) is 12.4. The molecule has 1 N–H and O–H groups in total. The first-order valence-corrected chi connectivity index (χ1v) is 7.79. The topological polar surface area (TPSA) is 72.5 Å². The maximum atomic E-state index is 11.3. The predicted octanol–water partition coefficient (Wildman–Crippen LogP) is 3.54. The van der Waals surface area contributed by atoms with Crippen molar-refractivity contribution in [1.82, 2.24) is 9.38 Å². The average Bonchev–Trinajstić information content (AvgIpc) is 2.86. The van der Waals surface area contributed by atoms with E-state index in [0.29, 0.717) is 22.6 Å². The highest BCUT2D eigenvalue weighted by molar-refractivity contribution is 7.15. The van der Waals surface area contributed by atoms with Gasteiger partial charge in [0.25, 0.3) is 4.96 Å². The summed E-state index contributed by atoms with van der Waals surface area (Å²) >= 11 is 1.41. The molecule has 2 unspecified atom stereocenters. The van der Waals surface area contributed by atoms with Crippen LogP contribution in [0.2, 0.25) is 0 Å². The molecule has 0 aliphatic heterocycles. The molecule has 20 heavy (non-hydrogen) atoms. The molecule has 0 spiro atoms. The Kier molecular flexibility index (Phi) is 3.37. The number of nitro groups is 1. The molecule has 3 rings (SSSR count). The minimum Gasteiger partial charge on any atom is -0.360 e. The van der Waals surface area contributed by atoms with Crippen molar-refractivity contribution in [3.05, 3.63) is 21.7 Å². The fourth-order valence-electron chi connectivity index (χ4n) is 3.30. The summed E-state index contributed by atoms with van der Waals surface area (Å²) in [7, 11) is 0. The summed E-state index contributed by atoms with van der Waals surface area (Å²) < 4.78 is 1.54. The van der Waals surface area contributed by atoms with Crippen molar-refractivity contribution in [3.63, 3.8) is 0 Å². The Bertz CT molecular complexity index is 625. The number of rotatable bonds is 3. The second-order valence-electron chi connectivity index (χ2n) is 5.86. The third-order valence-corrected chi connectivity index (χ3v) is 4.69. The molecule has 1 fully saturated rings. The second kappa shape index (κ2) is 5.05. The van der Waals surface area contributed by atoms with Gasteiger partial charge in [-0.15, -0.1) is 0 Å².